The van der Waals surface area contributed by atoms with Crippen molar-refractivity contribution in [3.63, 3.8) is 0 Å². The lowest BCUT2D eigenvalue weighted by atomic mass is 10.0. The summed E-state index contributed by atoms with van der Waals surface area (Å²) in [4.78, 5) is 12.6. The molecule has 2 heterocycles. The van der Waals surface area contributed by atoms with E-state index >= 15 is 0 Å². The van der Waals surface area contributed by atoms with Gasteiger partial charge in [0.2, 0.25) is 6.79 Å². The summed E-state index contributed by atoms with van der Waals surface area (Å²) in [6.45, 7) is 4.16. The summed E-state index contributed by atoms with van der Waals surface area (Å²) < 4.78 is 16.5. The van der Waals surface area contributed by atoms with Gasteiger partial charge in [-0.3, -0.25) is 4.79 Å². The van der Waals surface area contributed by atoms with E-state index in [1.807, 2.05) is 19.9 Å². The number of fused-ring (bicyclic) bond motifs is 2. The van der Waals surface area contributed by atoms with Crippen LogP contribution < -0.4 is 14.9 Å². The maximum atomic E-state index is 12.6. The number of ether oxygens (including phenoxy) is 2. The molecule has 1 aliphatic heterocycles. The topological polar surface area (TPSA) is 68.9 Å². The molecule has 1 N–H and O–H groups in total. The third-order valence-electron chi connectivity index (χ3n) is 4.32. The highest BCUT2D eigenvalue weighted by Gasteiger charge is 2.16. The normalized spacial score (nSPS) is 12.4. The van der Waals surface area contributed by atoms with Crippen LogP contribution >= 0.6 is 0 Å². The van der Waals surface area contributed by atoms with E-state index in [9.17, 15) is 9.90 Å². The van der Waals surface area contributed by atoms with Gasteiger partial charge in [-0.05, 0) is 50.1 Å². The highest BCUT2D eigenvalue weighted by Crippen LogP contribution is 2.36. The second kappa shape index (κ2) is 6.26. The molecule has 0 aliphatic carbocycles. The molecule has 3 aromatic rings. The number of allylic oxidation sites excluding steroid dienone is 2. The highest BCUT2D eigenvalue weighted by molar-refractivity contribution is 5.81. The van der Waals surface area contributed by atoms with Crippen LogP contribution in [0.1, 0.15) is 19.4 Å². The maximum Gasteiger partial charge on any atom is 0.231 e. The number of hydrogen-bond donors (Lipinski definition) is 1. The van der Waals surface area contributed by atoms with Gasteiger partial charge < -0.3 is 19.0 Å². The summed E-state index contributed by atoms with van der Waals surface area (Å²) in [5, 5.41) is 10.7. The van der Waals surface area contributed by atoms with Crippen molar-refractivity contribution in [2.24, 2.45) is 0 Å². The third-order valence-corrected chi connectivity index (χ3v) is 4.32. The third kappa shape index (κ3) is 2.92. The molecule has 0 fully saturated rings. The van der Waals surface area contributed by atoms with E-state index in [1.54, 1.807) is 24.3 Å². The Morgan fingerprint density at radius 3 is 2.73 bits per heavy atom. The van der Waals surface area contributed by atoms with E-state index in [-0.39, 0.29) is 18.0 Å². The molecule has 0 bridgehead atoms. The number of phenols is 1. The fourth-order valence-electron chi connectivity index (χ4n) is 2.91. The standard InChI is InChI=1S/C21H18O5/c1-12(2)3-4-13-7-15-17(23)10-19(26-20(15)9-16(13)22)14-5-6-18-21(8-14)25-11-24-18/h3,5-10,22H,4,11H2,1-2H3. The molecule has 5 heteroatoms. The minimum Gasteiger partial charge on any atom is -0.508 e. The molecule has 0 saturated heterocycles. The monoisotopic (exact) mass is 350 g/mol. The van der Waals surface area contributed by atoms with Gasteiger partial charge in [-0.2, -0.15) is 0 Å². The highest BCUT2D eigenvalue weighted by atomic mass is 16.7. The molecule has 0 saturated carbocycles. The summed E-state index contributed by atoms with van der Waals surface area (Å²) >= 11 is 0. The van der Waals surface area contributed by atoms with Gasteiger partial charge in [0.25, 0.3) is 0 Å². The Labute approximate surface area is 150 Å². The lowest BCUT2D eigenvalue weighted by Gasteiger charge is -2.07. The van der Waals surface area contributed by atoms with Gasteiger partial charge in [-0.25, -0.2) is 0 Å². The van der Waals surface area contributed by atoms with Gasteiger partial charge in [0.1, 0.15) is 17.1 Å². The first kappa shape index (κ1) is 16.3. The van der Waals surface area contributed by atoms with Crippen molar-refractivity contribution in [3.05, 3.63) is 63.8 Å². The quantitative estimate of drug-likeness (QED) is 0.709. The molecule has 0 unspecified atom stereocenters. The molecule has 0 amide bonds. The van der Waals surface area contributed by atoms with Gasteiger partial charge in [0, 0.05) is 17.7 Å². The van der Waals surface area contributed by atoms with Crippen LogP contribution in [0.4, 0.5) is 0 Å². The average molecular weight is 350 g/mol. The van der Waals surface area contributed by atoms with E-state index < -0.39 is 0 Å². The molecular weight excluding hydrogens is 332 g/mol. The first-order valence-corrected chi connectivity index (χ1v) is 8.34. The van der Waals surface area contributed by atoms with Gasteiger partial charge in [0.05, 0.1) is 5.39 Å². The van der Waals surface area contributed by atoms with E-state index in [1.165, 1.54) is 12.1 Å². The molecule has 0 atom stereocenters. The van der Waals surface area contributed by atoms with Gasteiger partial charge in [0.15, 0.2) is 16.9 Å². The Morgan fingerprint density at radius 2 is 1.92 bits per heavy atom. The number of hydrogen-bond acceptors (Lipinski definition) is 5. The van der Waals surface area contributed by atoms with Crippen LogP contribution in [0.2, 0.25) is 0 Å². The Bertz CT molecular complexity index is 1090. The van der Waals surface area contributed by atoms with Gasteiger partial charge >= 0.3 is 0 Å². The predicted molar refractivity (Wildman–Crippen MR) is 98.8 cm³/mol. The van der Waals surface area contributed by atoms with E-state index in [0.29, 0.717) is 45.8 Å². The van der Waals surface area contributed by atoms with Crippen LogP contribution in [0.15, 0.2) is 57.3 Å². The summed E-state index contributed by atoms with van der Waals surface area (Å²) in [5.74, 6) is 1.81. The number of phenolic OH excluding ortho intramolecular Hbond substituents is 1. The Kier molecular flexibility index (Phi) is 3.92. The minimum atomic E-state index is -0.155. The first-order chi connectivity index (χ1) is 12.5. The van der Waals surface area contributed by atoms with Crippen molar-refractivity contribution in [2.75, 3.05) is 6.79 Å². The molecule has 132 valence electrons. The molecule has 0 spiro atoms. The lowest BCUT2D eigenvalue weighted by molar-refractivity contribution is 0.174. The average Bonchev–Trinajstić information content (AvgIpc) is 3.07. The van der Waals surface area contributed by atoms with Crippen LogP contribution in [0.5, 0.6) is 17.2 Å². The van der Waals surface area contributed by atoms with Crippen molar-refractivity contribution in [3.8, 4) is 28.6 Å². The fraction of sp³-hybridized carbons (Fsp3) is 0.190. The second-order valence-electron chi connectivity index (χ2n) is 6.51. The SMILES string of the molecule is CC(C)=CCc1cc2c(=O)cc(-c3ccc4c(c3)OCO4)oc2cc1O. The number of rotatable bonds is 3. The molecular formula is C21H18O5. The molecule has 26 heavy (non-hydrogen) atoms. The lowest BCUT2D eigenvalue weighted by Crippen LogP contribution is -2.01. The molecule has 4 rings (SSSR count). The molecule has 2 aromatic carbocycles. The summed E-state index contributed by atoms with van der Waals surface area (Å²) in [6, 6.07) is 10.0. The molecule has 5 nitrogen and oxygen atoms in total. The smallest absolute Gasteiger partial charge is 0.231 e. The van der Waals surface area contributed by atoms with Crippen LogP contribution in [0.3, 0.4) is 0 Å². The van der Waals surface area contributed by atoms with Gasteiger partial charge in [-0.1, -0.05) is 11.6 Å². The van der Waals surface area contributed by atoms with Crippen LogP contribution in [0, 0.1) is 0 Å². The zero-order valence-corrected chi connectivity index (χ0v) is 14.5. The van der Waals surface area contributed by atoms with Crippen molar-refractivity contribution in [2.45, 2.75) is 20.3 Å². The van der Waals surface area contributed by atoms with Crippen molar-refractivity contribution in [1.82, 2.24) is 0 Å². The van der Waals surface area contributed by atoms with Crippen molar-refractivity contribution in [1.29, 1.82) is 0 Å². The minimum absolute atomic E-state index is 0.112. The van der Waals surface area contributed by atoms with Crippen LogP contribution in [0.25, 0.3) is 22.3 Å². The fourth-order valence-corrected chi connectivity index (χ4v) is 2.91. The number of benzene rings is 2. The Balaban J connectivity index is 1.81. The van der Waals surface area contributed by atoms with Crippen LogP contribution in [-0.4, -0.2) is 11.9 Å². The van der Waals surface area contributed by atoms with Crippen molar-refractivity contribution < 1.29 is 19.0 Å². The summed E-state index contributed by atoms with van der Waals surface area (Å²) in [5.41, 5.74) is 2.75. The zero-order valence-electron chi connectivity index (χ0n) is 14.5. The largest absolute Gasteiger partial charge is 0.508 e. The Hall–Kier alpha value is -3.21. The molecule has 1 aromatic heterocycles. The number of aromatic hydroxyl groups is 1. The molecule has 1 aliphatic rings. The van der Waals surface area contributed by atoms with Gasteiger partial charge in [-0.15, -0.1) is 0 Å². The summed E-state index contributed by atoms with van der Waals surface area (Å²) in [6.07, 6.45) is 2.57. The van der Waals surface area contributed by atoms with E-state index in [4.69, 9.17) is 13.9 Å². The maximum absolute atomic E-state index is 12.6. The second-order valence-corrected chi connectivity index (χ2v) is 6.51. The van der Waals surface area contributed by atoms with E-state index in [2.05, 4.69) is 0 Å². The first-order valence-electron chi connectivity index (χ1n) is 8.34. The molecule has 0 radical (unpaired) electrons. The van der Waals surface area contributed by atoms with E-state index in [0.717, 1.165) is 5.57 Å². The zero-order chi connectivity index (χ0) is 18.3. The van der Waals surface area contributed by atoms with Crippen LogP contribution in [-0.2, 0) is 6.42 Å². The summed E-state index contributed by atoms with van der Waals surface area (Å²) in [7, 11) is 0. The predicted octanol–water partition coefficient (Wildman–Crippen LogP) is 4.40. The van der Waals surface area contributed by atoms with Crippen molar-refractivity contribution >= 4 is 11.0 Å². The Morgan fingerprint density at radius 1 is 1.12 bits per heavy atom.